The van der Waals surface area contributed by atoms with E-state index in [0.29, 0.717) is 0 Å². The van der Waals surface area contributed by atoms with Gasteiger partial charge in [0.1, 0.15) is 0 Å². The zero-order valence-electron chi connectivity index (χ0n) is 9.24. The molecule has 0 aliphatic carbocycles. The molecular formula is C7HF14O. The van der Waals surface area contributed by atoms with Crippen molar-refractivity contribution < 1.29 is 66.6 Å². The Kier molecular flexibility index (Phi) is 4.76. The highest BCUT2D eigenvalue weighted by atomic mass is 19.4. The van der Waals surface area contributed by atoms with Gasteiger partial charge in [-0.3, -0.25) is 0 Å². The quantitative estimate of drug-likeness (QED) is 0.740. The average Bonchev–Trinajstić information content (AvgIpc) is 2.24. The van der Waals surface area contributed by atoms with Crippen molar-refractivity contribution in [2.45, 2.75) is 36.0 Å². The molecule has 0 heterocycles. The van der Waals surface area contributed by atoms with Gasteiger partial charge in [0.15, 0.2) is 0 Å². The highest BCUT2D eigenvalue weighted by Crippen LogP contribution is 2.59. The molecule has 133 valence electrons. The minimum atomic E-state index is -7.88. The lowest BCUT2D eigenvalue weighted by atomic mass is 9.95. The first-order valence-corrected chi connectivity index (χ1v) is 4.37. The van der Waals surface area contributed by atoms with Crippen molar-refractivity contribution in [1.29, 1.82) is 0 Å². The van der Waals surface area contributed by atoms with Crippen LogP contribution in [0.25, 0.3) is 0 Å². The zero-order valence-corrected chi connectivity index (χ0v) is 9.24. The van der Waals surface area contributed by atoms with Crippen molar-refractivity contribution in [3.63, 3.8) is 0 Å². The summed E-state index contributed by atoms with van der Waals surface area (Å²) >= 11 is 0. The summed E-state index contributed by atoms with van der Waals surface area (Å²) in [5.41, 5.74) is 0. The fraction of sp³-hybridized carbons (Fsp3) is 0.857. The summed E-state index contributed by atoms with van der Waals surface area (Å²) < 4.78 is 169. The van der Waals surface area contributed by atoms with Crippen LogP contribution >= 0.6 is 0 Å². The molecule has 1 unspecified atom stereocenters. The van der Waals surface area contributed by atoms with Gasteiger partial charge in [0.05, 0.1) is 0 Å². The van der Waals surface area contributed by atoms with E-state index in [1.165, 1.54) is 0 Å². The van der Waals surface area contributed by atoms with E-state index in [2.05, 4.69) is 0 Å². The topological polar surface area (TPSA) is 20.2 Å². The Hall–Kier alpha value is -1.02. The third-order valence-corrected chi connectivity index (χ3v) is 2.09. The largest absolute Gasteiger partial charge is 0.460 e. The summed E-state index contributed by atoms with van der Waals surface area (Å²) in [7, 11) is 0. The Morgan fingerprint density at radius 3 is 1.09 bits per heavy atom. The first-order chi connectivity index (χ1) is 9.15. The van der Waals surface area contributed by atoms with Crippen LogP contribution in [0, 0.1) is 6.17 Å². The fourth-order valence-corrected chi connectivity index (χ4v) is 0.845. The Labute approximate surface area is 110 Å². The first kappa shape index (κ1) is 21.0. The van der Waals surface area contributed by atoms with Crippen molar-refractivity contribution >= 4 is 0 Å². The zero-order chi connectivity index (χ0) is 18.6. The summed E-state index contributed by atoms with van der Waals surface area (Å²) in [6, 6.07) is 0. The van der Waals surface area contributed by atoms with Gasteiger partial charge in [0.25, 0.3) is 6.17 Å². The van der Waals surface area contributed by atoms with Crippen LogP contribution in [0.5, 0.6) is 0 Å². The lowest BCUT2D eigenvalue weighted by Gasteiger charge is -2.37. The van der Waals surface area contributed by atoms with Gasteiger partial charge in [-0.25, -0.2) is 4.39 Å². The van der Waals surface area contributed by atoms with Crippen molar-refractivity contribution in [2.24, 2.45) is 0 Å². The summed E-state index contributed by atoms with van der Waals surface area (Å²) in [5, 5.41) is 7.74. The van der Waals surface area contributed by atoms with E-state index in [9.17, 15) is 61.5 Å². The van der Waals surface area contributed by atoms with Crippen molar-refractivity contribution in [3.8, 4) is 0 Å². The molecule has 1 radical (unpaired) electrons. The highest BCUT2D eigenvalue weighted by Gasteiger charge is 2.87. The second-order valence-electron chi connectivity index (χ2n) is 3.65. The molecule has 0 bridgehead atoms. The third-order valence-electron chi connectivity index (χ3n) is 2.09. The van der Waals surface area contributed by atoms with Crippen LogP contribution in [0.2, 0.25) is 0 Å². The molecule has 0 aromatic rings. The average molecular weight is 367 g/mol. The maximum Gasteiger partial charge on any atom is 0.460 e. The SMILES string of the molecule is OC(F)([C](F)C(F)(F)C(F)(F)C(F)(F)C(F)(F)F)C(F)(F)F. The molecule has 0 aliphatic heterocycles. The standard InChI is InChI=1S/C7HF14O/c8-1(3(11,22)6(16,17)18)2(9,10)4(12,13)5(14,15)7(19,20)21/h22H. The normalized spacial score (nSPS) is 18.5. The molecule has 22 heavy (non-hydrogen) atoms. The smallest absolute Gasteiger partial charge is 0.352 e. The van der Waals surface area contributed by atoms with Gasteiger partial charge in [-0.15, -0.1) is 0 Å². The minimum absolute atomic E-state index is 5.18. The molecule has 0 aromatic carbocycles. The van der Waals surface area contributed by atoms with Crippen molar-refractivity contribution in [2.75, 3.05) is 0 Å². The molecule has 0 spiro atoms. The maximum atomic E-state index is 12.6. The summed E-state index contributed by atoms with van der Waals surface area (Å²) in [5.74, 6) is -30.2. The second-order valence-corrected chi connectivity index (χ2v) is 3.65. The third kappa shape index (κ3) is 2.78. The van der Waals surface area contributed by atoms with E-state index >= 15 is 0 Å². The van der Waals surface area contributed by atoms with Crippen LogP contribution in [0.15, 0.2) is 0 Å². The predicted molar refractivity (Wildman–Crippen MR) is 37.4 cm³/mol. The molecular weight excluding hydrogens is 366 g/mol. The molecule has 1 atom stereocenters. The van der Waals surface area contributed by atoms with Crippen LogP contribution in [0.1, 0.15) is 0 Å². The predicted octanol–water partition coefficient (Wildman–Crippen LogP) is 4.18. The van der Waals surface area contributed by atoms with Crippen LogP contribution < -0.4 is 0 Å². The van der Waals surface area contributed by atoms with Crippen molar-refractivity contribution in [3.05, 3.63) is 6.17 Å². The number of hydrogen-bond acceptors (Lipinski definition) is 1. The molecule has 0 aromatic heterocycles. The van der Waals surface area contributed by atoms with Crippen LogP contribution in [0.4, 0.5) is 61.5 Å². The number of rotatable bonds is 4. The molecule has 0 fully saturated rings. The monoisotopic (exact) mass is 367 g/mol. The molecule has 0 saturated carbocycles. The van der Waals surface area contributed by atoms with Gasteiger partial charge in [-0.2, -0.15) is 57.1 Å². The Balaban J connectivity index is 6.03. The van der Waals surface area contributed by atoms with Gasteiger partial charge in [-0.05, 0) is 0 Å². The molecule has 1 N–H and O–H groups in total. The lowest BCUT2D eigenvalue weighted by Crippen LogP contribution is -2.65. The van der Waals surface area contributed by atoms with E-state index in [1.54, 1.807) is 0 Å². The Morgan fingerprint density at radius 1 is 0.545 bits per heavy atom. The van der Waals surface area contributed by atoms with Gasteiger partial charge < -0.3 is 5.11 Å². The molecule has 0 amide bonds. The van der Waals surface area contributed by atoms with E-state index in [4.69, 9.17) is 5.11 Å². The summed E-state index contributed by atoms with van der Waals surface area (Å²) in [6.45, 7) is 0. The van der Waals surface area contributed by atoms with Gasteiger partial charge >= 0.3 is 36.0 Å². The molecule has 0 saturated heterocycles. The molecule has 15 heteroatoms. The number of alkyl halides is 13. The number of halogens is 14. The minimum Gasteiger partial charge on any atom is -0.352 e. The van der Waals surface area contributed by atoms with E-state index in [0.717, 1.165) is 0 Å². The number of aliphatic hydroxyl groups is 1. The number of hydrogen-bond donors (Lipinski definition) is 1. The van der Waals surface area contributed by atoms with E-state index < -0.39 is 42.1 Å². The lowest BCUT2D eigenvalue weighted by molar-refractivity contribution is -0.410. The highest BCUT2D eigenvalue weighted by molar-refractivity contribution is 5.16. The molecule has 0 rings (SSSR count). The van der Waals surface area contributed by atoms with E-state index in [1.807, 2.05) is 0 Å². The summed E-state index contributed by atoms with van der Waals surface area (Å²) in [6.07, 6.45) is -19.7. The van der Waals surface area contributed by atoms with Gasteiger partial charge in [0, 0.05) is 0 Å². The Morgan fingerprint density at radius 2 is 0.864 bits per heavy atom. The van der Waals surface area contributed by atoms with Crippen molar-refractivity contribution in [1.82, 2.24) is 0 Å². The fourth-order valence-electron chi connectivity index (χ4n) is 0.845. The summed E-state index contributed by atoms with van der Waals surface area (Å²) in [4.78, 5) is 0. The maximum absolute atomic E-state index is 12.6. The van der Waals surface area contributed by atoms with Gasteiger partial charge in [0.2, 0.25) is 0 Å². The van der Waals surface area contributed by atoms with Crippen LogP contribution in [0.3, 0.4) is 0 Å². The molecule has 1 nitrogen and oxygen atoms in total. The second kappa shape index (κ2) is 4.99. The van der Waals surface area contributed by atoms with Gasteiger partial charge in [-0.1, -0.05) is 0 Å². The van der Waals surface area contributed by atoms with Crippen LogP contribution in [-0.4, -0.2) is 41.1 Å². The first-order valence-electron chi connectivity index (χ1n) is 4.37. The molecule has 0 aliphatic rings. The Bertz CT molecular complexity index is 402. The van der Waals surface area contributed by atoms with E-state index in [-0.39, 0.29) is 0 Å². The van der Waals surface area contributed by atoms with Crippen LogP contribution in [-0.2, 0) is 0 Å².